The van der Waals surface area contributed by atoms with Gasteiger partial charge in [0.15, 0.2) is 5.82 Å². The summed E-state index contributed by atoms with van der Waals surface area (Å²) in [4.78, 5) is 13.4. The van der Waals surface area contributed by atoms with Crippen molar-refractivity contribution in [2.24, 2.45) is 5.73 Å². The highest BCUT2D eigenvalue weighted by Crippen LogP contribution is 2.09. The lowest BCUT2D eigenvalue weighted by molar-refractivity contribution is -0.127. The first-order valence-electron chi connectivity index (χ1n) is 5.15. The average Bonchev–Trinajstić information content (AvgIpc) is 2.35. The van der Waals surface area contributed by atoms with Gasteiger partial charge in [0, 0.05) is 13.6 Å². The molecule has 0 saturated heterocycles. The highest BCUT2D eigenvalue weighted by Gasteiger charge is 2.10. The summed E-state index contributed by atoms with van der Waals surface area (Å²) in [6.45, 7) is 2.70. The first-order valence-corrected chi connectivity index (χ1v) is 5.56. The monoisotopic (exact) mass is 253 g/mol. The number of rotatable bonds is 5. The summed E-state index contributed by atoms with van der Waals surface area (Å²) >= 11 is 4.88. The third-order valence-electron chi connectivity index (χ3n) is 2.29. The van der Waals surface area contributed by atoms with Gasteiger partial charge in [-0.3, -0.25) is 4.79 Å². The van der Waals surface area contributed by atoms with E-state index < -0.39 is 0 Å². The van der Waals surface area contributed by atoms with Crippen LogP contribution in [0.4, 0.5) is 5.82 Å². The van der Waals surface area contributed by atoms with E-state index in [0.29, 0.717) is 17.9 Å². The molecule has 0 unspecified atom stereocenters. The molecule has 92 valence electrons. The molecule has 1 aromatic heterocycles. The Morgan fingerprint density at radius 3 is 2.94 bits per heavy atom. The van der Waals surface area contributed by atoms with Gasteiger partial charge in [0.2, 0.25) is 5.91 Å². The third kappa shape index (κ3) is 3.63. The van der Waals surface area contributed by atoms with Gasteiger partial charge < -0.3 is 16.0 Å². The molecule has 0 fully saturated rings. The van der Waals surface area contributed by atoms with Crippen LogP contribution in [0.15, 0.2) is 12.3 Å². The normalized spacial score (nSPS) is 9.76. The second kappa shape index (κ2) is 6.09. The summed E-state index contributed by atoms with van der Waals surface area (Å²) in [6, 6.07) is 1.66. The number of carbonyl (C=O) groups is 1. The molecule has 6 nitrogen and oxygen atoms in total. The van der Waals surface area contributed by atoms with Crippen molar-refractivity contribution in [1.82, 2.24) is 15.1 Å². The largest absolute Gasteiger partial charge is 0.389 e. The summed E-state index contributed by atoms with van der Waals surface area (Å²) < 4.78 is 0. The Kier molecular flexibility index (Phi) is 4.77. The van der Waals surface area contributed by atoms with Gasteiger partial charge in [-0.05, 0) is 13.0 Å². The number of carbonyl (C=O) groups excluding carboxylic acids is 1. The molecule has 0 aliphatic rings. The van der Waals surface area contributed by atoms with Crippen LogP contribution in [0.25, 0.3) is 0 Å². The number of likely N-dealkylation sites (N-methyl/N-ethyl adjacent to an activating group) is 1. The lowest BCUT2D eigenvalue weighted by Crippen LogP contribution is -2.32. The van der Waals surface area contributed by atoms with Crippen molar-refractivity contribution in [2.75, 3.05) is 25.5 Å². The minimum Gasteiger partial charge on any atom is -0.389 e. The standard InChI is InChI=1S/C10H15N5OS/c1-3-15(2)8(16)6-12-10-7(9(11)17)4-5-13-14-10/h4-5H,3,6H2,1-2H3,(H2,11,17)(H,12,14). The van der Waals surface area contributed by atoms with E-state index in [2.05, 4.69) is 15.5 Å². The molecule has 0 radical (unpaired) electrons. The predicted molar refractivity (Wildman–Crippen MR) is 69.7 cm³/mol. The summed E-state index contributed by atoms with van der Waals surface area (Å²) in [5.41, 5.74) is 6.12. The number of nitrogens with two attached hydrogens (primary N) is 1. The number of aromatic nitrogens is 2. The van der Waals surface area contributed by atoms with Gasteiger partial charge in [-0.2, -0.15) is 5.10 Å². The average molecular weight is 253 g/mol. The summed E-state index contributed by atoms with van der Waals surface area (Å²) in [5.74, 6) is 0.393. The Bertz CT molecular complexity index is 423. The predicted octanol–water partition coefficient (Wildman–Crippen LogP) is 0.00100. The van der Waals surface area contributed by atoms with E-state index in [1.54, 1.807) is 18.0 Å². The molecule has 1 heterocycles. The summed E-state index contributed by atoms with van der Waals surface area (Å²) in [7, 11) is 1.73. The number of nitrogens with one attached hydrogen (secondary N) is 1. The second-order valence-corrected chi connectivity index (χ2v) is 3.86. The maximum atomic E-state index is 11.6. The van der Waals surface area contributed by atoms with Gasteiger partial charge in [0.25, 0.3) is 0 Å². The van der Waals surface area contributed by atoms with Crippen LogP contribution >= 0.6 is 12.2 Å². The number of amides is 1. The Hall–Kier alpha value is -1.76. The highest BCUT2D eigenvalue weighted by molar-refractivity contribution is 7.80. The topological polar surface area (TPSA) is 84.1 Å². The van der Waals surface area contributed by atoms with Crippen LogP contribution in [0.1, 0.15) is 12.5 Å². The summed E-state index contributed by atoms with van der Waals surface area (Å²) in [5, 5.41) is 10.5. The molecular weight excluding hydrogens is 238 g/mol. The fourth-order valence-corrected chi connectivity index (χ4v) is 1.30. The molecule has 1 aromatic rings. The van der Waals surface area contributed by atoms with Crippen LogP contribution in [0.3, 0.4) is 0 Å². The van der Waals surface area contributed by atoms with Crippen molar-refractivity contribution in [3.63, 3.8) is 0 Å². The van der Waals surface area contributed by atoms with E-state index in [-0.39, 0.29) is 17.4 Å². The molecular formula is C10H15N5OS. The van der Waals surface area contributed by atoms with Crippen LogP contribution in [0.2, 0.25) is 0 Å². The number of hydrogen-bond acceptors (Lipinski definition) is 5. The van der Waals surface area contributed by atoms with Gasteiger partial charge in [-0.25, -0.2) is 0 Å². The van der Waals surface area contributed by atoms with Crippen molar-refractivity contribution in [3.8, 4) is 0 Å². The Labute approximate surface area is 105 Å². The molecule has 1 rings (SSSR count). The molecule has 0 spiro atoms. The van der Waals surface area contributed by atoms with Crippen LogP contribution in [-0.4, -0.2) is 46.1 Å². The quantitative estimate of drug-likeness (QED) is 0.719. The van der Waals surface area contributed by atoms with Crippen LogP contribution in [0, 0.1) is 0 Å². The van der Waals surface area contributed by atoms with Crippen molar-refractivity contribution >= 4 is 28.9 Å². The smallest absolute Gasteiger partial charge is 0.241 e. The molecule has 0 aromatic carbocycles. The van der Waals surface area contributed by atoms with E-state index in [9.17, 15) is 4.79 Å². The highest BCUT2D eigenvalue weighted by atomic mass is 32.1. The molecule has 0 bridgehead atoms. The molecule has 0 atom stereocenters. The van der Waals surface area contributed by atoms with Gasteiger partial charge in [0.05, 0.1) is 18.3 Å². The second-order valence-electron chi connectivity index (χ2n) is 3.42. The first kappa shape index (κ1) is 13.3. The van der Waals surface area contributed by atoms with Crippen LogP contribution in [-0.2, 0) is 4.79 Å². The minimum atomic E-state index is -0.0351. The van der Waals surface area contributed by atoms with Gasteiger partial charge >= 0.3 is 0 Å². The molecule has 3 N–H and O–H groups in total. The molecule has 17 heavy (non-hydrogen) atoms. The fourth-order valence-electron chi connectivity index (χ4n) is 1.13. The number of nitrogens with zero attached hydrogens (tertiary/aromatic N) is 3. The van der Waals surface area contributed by atoms with Gasteiger partial charge in [-0.1, -0.05) is 12.2 Å². The SMILES string of the molecule is CCN(C)C(=O)CNc1nnccc1C(N)=S. The van der Waals surface area contributed by atoms with E-state index in [0.717, 1.165) is 0 Å². The fraction of sp³-hybridized carbons (Fsp3) is 0.400. The third-order valence-corrected chi connectivity index (χ3v) is 2.51. The molecule has 0 aliphatic heterocycles. The van der Waals surface area contributed by atoms with Crippen molar-refractivity contribution < 1.29 is 4.79 Å². The minimum absolute atomic E-state index is 0.0351. The number of anilines is 1. The molecule has 1 amide bonds. The van der Waals surface area contributed by atoms with Crippen LogP contribution < -0.4 is 11.1 Å². The van der Waals surface area contributed by atoms with E-state index in [4.69, 9.17) is 18.0 Å². The molecule has 7 heteroatoms. The van der Waals surface area contributed by atoms with Crippen LogP contribution in [0.5, 0.6) is 0 Å². The zero-order valence-electron chi connectivity index (χ0n) is 9.80. The zero-order valence-corrected chi connectivity index (χ0v) is 10.6. The van der Waals surface area contributed by atoms with Crippen molar-refractivity contribution in [3.05, 3.63) is 17.8 Å². The van der Waals surface area contributed by atoms with E-state index >= 15 is 0 Å². The Morgan fingerprint density at radius 1 is 1.65 bits per heavy atom. The molecule has 0 aliphatic carbocycles. The lowest BCUT2D eigenvalue weighted by atomic mass is 10.3. The Balaban J connectivity index is 2.69. The number of thiocarbonyl (C=S) groups is 1. The van der Waals surface area contributed by atoms with E-state index in [1.165, 1.54) is 6.20 Å². The Morgan fingerprint density at radius 2 is 2.35 bits per heavy atom. The summed E-state index contributed by atoms with van der Waals surface area (Å²) in [6.07, 6.45) is 1.50. The maximum absolute atomic E-state index is 11.6. The zero-order chi connectivity index (χ0) is 12.8. The van der Waals surface area contributed by atoms with Crippen molar-refractivity contribution in [1.29, 1.82) is 0 Å². The maximum Gasteiger partial charge on any atom is 0.241 e. The van der Waals surface area contributed by atoms with Gasteiger partial charge in [-0.15, -0.1) is 5.10 Å². The lowest BCUT2D eigenvalue weighted by Gasteiger charge is -2.15. The molecule has 0 saturated carbocycles. The first-order chi connectivity index (χ1) is 8.06. The van der Waals surface area contributed by atoms with Crippen molar-refractivity contribution in [2.45, 2.75) is 6.92 Å². The van der Waals surface area contributed by atoms with E-state index in [1.807, 2.05) is 6.92 Å². The number of hydrogen-bond donors (Lipinski definition) is 2. The van der Waals surface area contributed by atoms with Gasteiger partial charge in [0.1, 0.15) is 4.99 Å².